The highest BCUT2D eigenvalue weighted by molar-refractivity contribution is 5.83. The highest BCUT2D eigenvalue weighted by Gasteiger charge is 2.34. The second-order valence-electron chi connectivity index (χ2n) is 6.42. The van der Waals surface area contributed by atoms with E-state index in [2.05, 4.69) is 13.8 Å². The van der Waals surface area contributed by atoms with Crippen molar-refractivity contribution in [3.05, 3.63) is 0 Å². The molecule has 2 fully saturated rings. The molecule has 0 aliphatic heterocycles. The van der Waals surface area contributed by atoms with Crippen molar-refractivity contribution in [3.8, 4) is 0 Å². The summed E-state index contributed by atoms with van der Waals surface area (Å²) in [6, 6.07) is 0. The average Bonchev–Trinajstić information content (AvgIpc) is 2.39. The summed E-state index contributed by atoms with van der Waals surface area (Å²) >= 11 is 0. The molecular formula is C16H28O. The number of hydrogen-bond acceptors (Lipinski definition) is 1. The molecule has 0 aromatic carbocycles. The monoisotopic (exact) mass is 236 g/mol. The molecule has 2 saturated carbocycles. The van der Waals surface area contributed by atoms with Crippen LogP contribution in [0.5, 0.6) is 0 Å². The van der Waals surface area contributed by atoms with Crippen molar-refractivity contribution >= 4 is 5.78 Å². The van der Waals surface area contributed by atoms with Gasteiger partial charge in [-0.2, -0.15) is 0 Å². The first-order valence-corrected chi connectivity index (χ1v) is 7.76. The molecule has 98 valence electrons. The summed E-state index contributed by atoms with van der Waals surface area (Å²) in [6.45, 7) is 4.59. The quantitative estimate of drug-likeness (QED) is 0.700. The van der Waals surface area contributed by atoms with Crippen molar-refractivity contribution in [3.63, 3.8) is 0 Å². The lowest BCUT2D eigenvalue weighted by Crippen LogP contribution is -2.33. The summed E-state index contributed by atoms with van der Waals surface area (Å²) in [5, 5.41) is 0. The Morgan fingerprint density at radius 2 is 1.65 bits per heavy atom. The van der Waals surface area contributed by atoms with Gasteiger partial charge in [0, 0.05) is 11.8 Å². The molecule has 2 rings (SSSR count). The van der Waals surface area contributed by atoms with Gasteiger partial charge in [0.25, 0.3) is 0 Å². The van der Waals surface area contributed by atoms with Crippen molar-refractivity contribution in [2.24, 2.45) is 23.7 Å². The molecule has 0 saturated heterocycles. The zero-order chi connectivity index (χ0) is 12.3. The Morgan fingerprint density at radius 3 is 2.29 bits per heavy atom. The molecule has 0 radical (unpaired) electrons. The molecule has 0 aromatic heterocycles. The van der Waals surface area contributed by atoms with Gasteiger partial charge in [-0.25, -0.2) is 0 Å². The van der Waals surface area contributed by atoms with Crippen LogP contribution in [0.15, 0.2) is 0 Å². The van der Waals surface area contributed by atoms with Gasteiger partial charge in [-0.15, -0.1) is 0 Å². The molecule has 0 heterocycles. The number of rotatable bonds is 3. The van der Waals surface area contributed by atoms with Gasteiger partial charge in [0.15, 0.2) is 0 Å². The topological polar surface area (TPSA) is 17.1 Å². The number of carbonyl (C=O) groups excluding carboxylic acids is 1. The van der Waals surface area contributed by atoms with Crippen molar-refractivity contribution in [2.75, 3.05) is 0 Å². The maximum atomic E-state index is 12.6. The van der Waals surface area contributed by atoms with Crippen LogP contribution in [-0.2, 0) is 4.79 Å². The molecule has 0 spiro atoms. The number of carbonyl (C=O) groups is 1. The fourth-order valence-corrected chi connectivity index (χ4v) is 3.92. The lowest BCUT2D eigenvalue weighted by Gasteiger charge is -2.34. The first-order chi connectivity index (χ1) is 8.22. The van der Waals surface area contributed by atoms with E-state index >= 15 is 0 Å². The number of Topliss-reactive ketones (excluding diaryl/α,β-unsaturated/α-hetero) is 1. The Kier molecular flexibility index (Phi) is 4.64. The summed E-state index contributed by atoms with van der Waals surface area (Å²) < 4.78 is 0. The van der Waals surface area contributed by atoms with Crippen LogP contribution in [-0.4, -0.2) is 5.78 Å². The summed E-state index contributed by atoms with van der Waals surface area (Å²) in [7, 11) is 0. The van der Waals surface area contributed by atoms with Crippen LogP contribution >= 0.6 is 0 Å². The Morgan fingerprint density at radius 1 is 1.00 bits per heavy atom. The fourth-order valence-electron chi connectivity index (χ4n) is 3.92. The average molecular weight is 236 g/mol. The summed E-state index contributed by atoms with van der Waals surface area (Å²) in [5.74, 6) is 3.04. The smallest absolute Gasteiger partial charge is 0.139 e. The van der Waals surface area contributed by atoms with Gasteiger partial charge in [-0.3, -0.25) is 4.79 Å². The Hall–Kier alpha value is -0.330. The molecule has 1 heteroatoms. The third-order valence-electron chi connectivity index (χ3n) is 5.22. The minimum atomic E-state index is 0.420. The third-order valence-corrected chi connectivity index (χ3v) is 5.22. The predicted octanol–water partition coefficient (Wildman–Crippen LogP) is 4.60. The van der Waals surface area contributed by atoms with Gasteiger partial charge in [-0.05, 0) is 37.5 Å². The van der Waals surface area contributed by atoms with Gasteiger partial charge in [-0.1, -0.05) is 46.0 Å². The van der Waals surface area contributed by atoms with Crippen molar-refractivity contribution in [2.45, 2.75) is 71.6 Å². The second-order valence-corrected chi connectivity index (χ2v) is 6.42. The Labute approximate surface area is 106 Å². The Bertz CT molecular complexity index is 250. The minimum absolute atomic E-state index is 0.420. The van der Waals surface area contributed by atoms with E-state index in [9.17, 15) is 4.79 Å². The van der Waals surface area contributed by atoms with Crippen molar-refractivity contribution < 1.29 is 4.79 Å². The van der Waals surface area contributed by atoms with Crippen LogP contribution in [0.1, 0.15) is 71.6 Å². The van der Waals surface area contributed by atoms with E-state index in [1.54, 1.807) is 0 Å². The molecule has 1 nitrogen and oxygen atoms in total. The summed E-state index contributed by atoms with van der Waals surface area (Å²) in [4.78, 5) is 12.6. The van der Waals surface area contributed by atoms with Crippen LogP contribution in [0, 0.1) is 23.7 Å². The summed E-state index contributed by atoms with van der Waals surface area (Å²) in [6.07, 6.45) is 11.2. The first-order valence-electron chi connectivity index (χ1n) is 7.76. The molecule has 2 unspecified atom stereocenters. The van der Waals surface area contributed by atoms with E-state index in [4.69, 9.17) is 0 Å². The third kappa shape index (κ3) is 3.11. The van der Waals surface area contributed by atoms with Gasteiger partial charge >= 0.3 is 0 Å². The van der Waals surface area contributed by atoms with Crippen LogP contribution < -0.4 is 0 Å². The minimum Gasteiger partial charge on any atom is -0.299 e. The summed E-state index contributed by atoms with van der Waals surface area (Å²) in [5.41, 5.74) is 0. The molecule has 2 aliphatic carbocycles. The van der Waals surface area contributed by atoms with Crippen LogP contribution in [0.2, 0.25) is 0 Å². The Balaban J connectivity index is 1.93. The SMILES string of the molecule is CCC1CCCCC1C(=O)C1CCC(C)CC1. The normalized spacial score (nSPS) is 38.9. The van der Waals surface area contributed by atoms with E-state index in [1.165, 1.54) is 57.8 Å². The first kappa shape index (κ1) is 13.1. The van der Waals surface area contributed by atoms with E-state index in [1.807, 2.05) is 0 Å². The predicted molar refractivity (Wildman–Crippen MR) is 71.9 cm³/mol. The second kappa shape index (κ2) is 6.02. The van der Waals surface area contributed by atoms with Crippen molar-refractivity contribution in [1.82, 2.24) is 0 Å². The molecule has 0 amide bonds. The van der Waals surface area contributed by atoms with Crippen molar-refractivity contribution in [1.29, 1.82) is 0 Å². The van der Waals surface area contributed by atoms with Gasteiger partial charge in [0.05, 0.1) is 0 Å². The molecule has 17 heavy (non-hydrogen) atoms. The molecule has 2 aliphatic rings. The van der Waals surface area contributed by atoms with E-state index < -0.39 is 0 Å². The molecule has 2 atom stereocenters. The standard InChI is InChI=1S/C16H28O/c1-3-13-6-4-5-7-15(13)16(17)14-10-8-12(2)9-11-14/h12-15H,3-11H2,1-2H3. The highest BCUT2D eigenvalue weighted by atomic mass is 16.1. The molecule has 0 aromatic rings. The molecule has 0 N–H and O–H groups in total. The maximum absolute atomic E-state index is 12.6. The van der Waals surface area contributed by atoms with E-state index in [0.29, 0.717) is 23.5 Å². The van der Waals surface area contributed by atoms with Crippen LogP contribution in [0.3, 0.4) is 0 Å². The lowest BCUT2D eigenvalue weighted by molar-refractivity contribution is -0.130. The fraction of sp³-hybridized carbons (Fsp3) is 0.938. The lowest BCUT2D eigenvalue weighted by atomic mass is 9.69. The molecule has 0 bridgehead atoms. The van der Waals surface area contributed by atoms with Gasteiger partial charge in [0.2, 0.25) is 0 Å². The zero-order valence-electron chi connectivity index (χ0n) is 11.6. The molecular weight excluding hydrogens is 208 g/mol. The highest BCUT2D eigenvalue weighted by Crippen LogP contribution is 2.38. The largest absolute Gasteiger partial charge is 0.299 e. The van der Waals surface area contributed by atoms with Crippen LogP contribution in [0.4, 0.5) is 0 Å². The van der Waals surface area contributed by atoms with E-state index in [0.717, 1.165) is 5.92 Å². The number of ketones is 1. The maximum Gasteiger partial charge on any atom is 0.139 e. The number of hydrogen-bond donors (Lipinski definition) is 0. The van der Waals surface area contributed by atoms with Gasteiger partial charge < -0.3 is 0 Å². The van der Waals surface area contributed by atoms with E-state index in [-0.39, 0.29) is 0 Å². The zero-order valence-corrected chi connectivity index (χ0v) is 11.6. The van der Waals surface area contributed by atoms with Crippen LogP contribution in [0.25, 0.3) is 0 Å². The van der Waals surface area contributed by atoms with Gasteiger partial charge in [0.1, 0.15) is 5.78 Å².